The van der Waals surface area contributed by atoms with Crippen LogP contribution in [0.1, 0.15) is 38.7 Å². The van der Waals surface area contributed by atoms with Gasteiger partial charge in [0.25, 0.3) is 5.91 Å². The molecule has 0 bridgehead atoms. The van der Waals surface area contributed by atoms with E-state index < -0.39 is 23.8 Å². The third-order valence-corrected chi connectivity index (χ3v) is 5.58. The minimum Gasteiger partial charge on any atom is -0.443 e. The van der Waals surface area contributed by atoms with E-state index in [1.807, 2.05) is 19.9 Å². The molecule has 1 N–H and O–H groups in total. The second kappa shape index (κ2) is 8.80. The summed E-state index contributed by atoms with van der Waals surface area (Å²) in [6.07, 6.45) is -0.289. The molecular weight excluding hydrogens is 377 g/mol. The third-order valence-electron chi connectivity index (χ3n) is 4.22. The van der Waals surface area contributed by atoms with Crippen LogP contribution in [0.2, 0.25) is 0 Å². The summed E-state index contributed by atoms with van der Waals surface area (Å²) in [7, 11) is 0. The molecule has 0 fully saturated rings. The molecular formula is C22H20FNO3S. The average molecular weight is 397 g/mol. The molecule has 0 spiro atoms. The Bertz CT molecular complexity index is 967. The van der Waals surface area contributed by atoms with Gasteiger partial charge in [-0.1, -0.05) is 37.3 Å². The highest BCUT2D eigenvalue weighted by molar-refractivity contribution is 7.14. The number of halogens is 1. The zero-order chi connectivity index (χ0) is 20.1. The first-order valence-corrected chi connectivity index (χ1v) is 9.71. The van der Waals surface area contributed by atoms with Crippen LogP contribution in [-0.4, -0.2) is 11.9 Å². The number of esters is 1. The monoisotopic (exact) mass is 397 g/mol. The van der Waals surface area contributed by atoms with Crippen molar-refractivity contribution in [1.29, 1.82) is 0 Å². The van der Waals surface area contributed by atoms with Crippen LogP contribution >= 0.6 is 11.3 Å². The summed E-state index contributed by atoms with van der Waals surface area (Å²) in [5.74, 6) is -1.45. The number of carbonyl (C=O) groups excluding carboxylic acids is 2. The summed E-state index contributed by atoms with van der Waals surface area (Å²) in [4.78, 5) is 27.1. The van der Waals surface area contributed by atoms with Crippen LogP contribution in [0, 0.1) is 12.7 Å². The van der Waals surface area contributed by atoms with Gasteiger partial charge in [0.2, 0.25) is 6.10 Å². The van der Waals surface area contributed by atoms with Crippen LogP contribution in [0.5, 0.6) is 0 Å². The molecule has 4 nitrogen and oxygen atoms in total. The fourth-order valence-electron chi connectivity index (χ4n) is 2.78. The predicted octanol–water partition coefficient (Wildman–Crippen LogP) is 5.29. The Labute approximate surface area is 167 Å². The number of aryl methyl sites for hydroxylation is 2. The molecule has 6 heteroatoms. The Balaban J connectivity index is 1.83. The highest BCUT2D eigenvalue weighted by atomic mass is 32.1. The van der Waals surface area contributed by atoms with Crippen LogP contribution in [0.3, 0.4) is 0 Å². The maximum atomic E-state index is 13.1. The van der Waals surface area contributed by atoms with Crippen molar-refractivity contribution < 1.29 is 18.7 Å². The number of benzene rings is 2. The van der Waals surface area contributed by atoms with E-state index >= 15 is 0 Å². The Morgan fingerprint density at radius 1 is 1.11 bits per heavy atom. The summed E-state index contributed by atoms with van der Waals surface area (Å²) in [5, 5.41) is 2.67. The van der Waals surface area contributed by atoms with Crippen molar-refractivity contribution in [2.75, 3.05) is 5.32 Å². The standard InChI is InChI=1S/C22H20FNO3S/c1-3-18-14(2)13-19(28-18)22(26)27-20(15-7-5-4-6-8-15)21(25)24-17-11-9-16(23)10-12-17/h4-13,20H,3H2,1-2H3,(H,24,25)/t20-/m0/s1. The number of hydrogen-bond acceptors (Lipinski definition) is 4. The van der Waals surface area contributed by atoms with Gasteiger partial charge in [-0.3, -0.25) is 4.79 Å². The maximum Gasteiger partial charge on any atom is 0.349 e. The fourth-order valence-corrected chi connectivity index (χ4v) is 3.78. The zero-order valence-corrected chi connectivity index (χ0v) is 16.4. The number of nitrogens with one attached hydrogen (secondary N) is 1. The minimum atomic E-state index is -1.12. The normalized spacial score (nSPS) is 11.7. The van der Waals surface area contributed by atoms with E-state index in [-0.39, 0.29) is 0 Å². The Hall–Kier alpha value is -2.99. The van der Waals surface area contributed by atoms with Crippen LogP contribution in [0.15, 0.2) is 60.7 Å². The average Bonchev–Trinajstić information content (AvgIpc) is 3.09. The Morgan fingerprint density at radius 3 is 2.39 bits per heavy atom. The molecule has 0 saturated carbocycles. The largest absolute Gasteiger partial charge is 0.443 e. The number of ether oxygens (including phenoxy) is 1. The van der Waals surface area contributed by atoms with Crippen molar-refractivity contribution in [2.45, 2.75) is 26.4 Å². The Kier molecular flexibility index (Phi) is 6.21. The molecule has 144 valence electrons. The van der Waals surface area contributed by atoms with Crippen molar-refractivity contribution in [3.63, 3.8) is 0 Å². The minimum absolute atomic E-state index is 0.399. The van der Waals surface area contributed by atoms with Crippen LogP contribution in [-0.2, 0) is 16.0 Å². The molecule has 0 saturated heterocycles. The molecule has 3 rings (SSSR count). The van der Waals surface area contributed by atoms with Gasteiger partial charge in [-0.15, -0.1) is 11.3 Å². The predicted molar refractivity (Wildman–Crippen MR) is 108 cm³/mol. The van der Waals surface area contributed by atoms with Crippen molar-refractivity contribution in [3.05, 3.63) is 87.4 Å². The van der Waals surface area contributed by atoms with Gasteiger partial charge in [0, 0.05) is 16.1 Å². The van der Waals surface area contributed by atoms with E-state index in [2.05, 4.69) is 5.32 Å². The molecule has 0 aliphatic rings. The Morgan fingerprint density at radius 2 is 1.79 bits per heavy atom. The lowest BCUT2D eigenvalue weighted by Gasteiger charge is -2.17. The lowest BCUT2D eigenvalue weighted by atomic mass is 10.1. The molecule has 0 unspecified atom stereocenters. The summed E-state index contributed by atoms with van der Waals surface area (Å²) in [5.41, 5.74) is 2.01. The molecule has 0 aliphatic carbocycles. The van der Waals surface area contributed by atoms with Gasteiger partial charge in [-0.05, 0) is 49.2 Å². The summed E-state index contributed by atoms with van der Waals surface area (Å²) >= 11 is 1.37. The first kappa shape index (κ1) is 19.8. The summed E-state index contributed by atoms with van der Waals surface area (Å²) in [6.45, 7) is 3.97. The number of amides is 1. The number of carbonyl (C=O) groups is 2. The first-order chi connectivity index (χ1) is 13.5. The van der Waals surface area contributed by atoms with Crippen LogP contribution in [0.4, 0.5) is 10.1 Å². The van der Waals surface area contributed by atoms with Gasteiger partial charge < -0.3 is 10.1 Å². The van der Waals surface area contributed by atoms with Crippen LogP contribution < -0.4 is 5.32 Å². The number of rotatable bonds is 6. The molecule has 28 heavy (non-hydrogen) atoms. The van der Waals surface area contributed by atoms with Crippen molar-refractivity contribution in [1.82, 2.24) is 0 Å². The quantitative estimate of drug-likeness (QED) is 0.575. The number of thiophene rings is 1. The van der Waals surface area contributed by atoms with Gasteiger partial charge in [0.05, 0.1) is 0 Å². The van der Waals surface area contributed by atoms with Gasteiger partial charge in [0.1, 0.15) is 10.7 Å². The second-order valence-electron chi connectivity index (χ2n) is 6.26. The molecule has 1 atom stereocenters. The molecule has 2 aromatic carbocycles. The topological polar surface area (TPSA) is 55.4 Å². The second-order valence-corrected chi connectivity index (χ2v) is 7.40. The zero-order valence-electron chi connectivity index (χ0n) is 15.6. The third kappa shape index (κ3) is 4.64. The van der Waals surface area contributed by atoms with Gasteiger partial charge >= 0.3 is 5.97 Å². The lowest BCUT2D eigenvalue weighted by Crippen LogP contribution is -2.25. The summed E-state index contributed by atoms with van der Waals surface area (Å²) in [6, 6.07) is 16.0. The van der Waals surface area contributed by atoms with E-state index in [1.54, 1.807) is 30.3 Å². The SMILES string of the molecule is CCc1sc(C(=O)O[C@H](C(=O)Nc2ccc(F)cc2)c2ccccc2)cc1C. The van der Waals surface area contributed by atoms with Crippen molar-refractivity contribution in [3.8, 4) is 0 Å². The summed E-state index contributed by atoms with van der Waals surface area (Å²) < 4.78 is 18.7. The first-order valence-electron chi connectivity index (χ1n) is 8.89. The molecule has 0 radical (unpaired) electrons. The highest BCUT2D eigenvalue weighted by Crippen LogP contribution is 2.27. The van der Waals surface area contributed by atoms with E-state index in [0.717, 1.165) is 16.9 Å². The lowest BCUT2D eigenvalue weighted by molar-refractivity contribution is -0.125. The van der Waals surface area contributed by atoms with E-state index in [9.17, 15) is 14.0 Å². The van der Waals surface area contributed by atoms with E-state index in [4.69, 9.17) is 4.74 Å². The van der Waals surface area contributed by atoms with Gasteiger partial charge in [0.15, 0.2) is 0 Å². The number of anilines is 1. The fraction of sp³-hybridized carbons (Fsp3) is 0.182. The molecule has 3 aromatic rings. The molecule has 1 aromatic heterocycles. The maximum absolute atomic E-state index is 13.1. The van der Waals surface area contributed by atoms with E-state index in [1.165, 1.54) is 35.6 Å². The molecule has 1 heterocycles. The number of hydrogen-bond donors (Lipinski definition) is 1. The van der Waals surface area contributed by atoms with Gasteiger partial charge in [-0.25, -0.2) is 9.18 Å². The van der Waals surface area contributed by atoms with Crippen LogP contribution in [0.25, 0.3) is 0 Å². The highest BCUT2D eigenvalue weighted by Gasteiger charge is 2.26. The molecule has 1 amide bonds. The van der Waals surface area contributed by atoms with Gasteiger partial charge in [-0.2, -0.15) is 0 Å². The molecule has 0 aliphatic heterocycles. The van der Waals surface area contributed by atoms with E-state index in [0.29, 0.717) is 16.1 Å². The van der Waals surface area contributed by atoms with Crippen molar-refractivity contribution >= 4 is 28.9 Å². The van der Waals surface area contributed by atoms with Crippen molar-refractivity contribution in [2.24, 2.45) is 0 Å². The smallest absolute Gasteiger partial charge is 0.349 e.